The van der Waals surface area contributed by atoms with Crippen molar-refractivity contribution in [3.63, 3.8) is 0 Å². The fourth-order valence-corrected chi connectivity index (χ4v) is 3.24. The lowest BCUT2D eigenvalue weighted by atomic mass is 10.1. The third-order valence-corrected chi connectivity index (χ3v) is 4.54. The van der Waals surface area contributed by atoms with Gasteiger partial charge in [0.2, 0.25) is 11.8 Å². The Morgan fingerprint density at radius 2 is 2.04 bits per heavy atom. The van der Waals surface area contributed by atoms with Crippen molar-refractivity contribution in [2.24, 2.45) is 0 Å². The summed E-state index contributed by atoms with van der Waals surface area (Å²) < 4.78 is 0. The lowest BCUT2D eigenvalue weighted by molar-refractivity contribution is -0.148. The van der Waals surface area contributed by atoms with Crippen LogP contribution in [0.5, 0.6) is 0 Å². The number of rotatable bonds is 1. The summed E-state index contributed by atoms with van der Waals surface area (Å²) in [4.78, 5) is 44.1. The fourth-order valence-electron chi connectivity index (χ4n) is 3.24. The van der Waals surface area contributed by atoms with Crippen LogP contribution in [-0.4, -0.2) is 64.7 Å². The molecule has 0 aliphatic carbocycles. The molecular weight excluding hydrogens is 308 g/mol. The quantitative estimate of drug-likeness (QED) is 0.801. The number of pyridine rings is 1. The summed E-state index contributed by atoms with van der Waals surface area (Å²) in [5.41, 5.74) is 1.32. The molecule has 7 heteroatoms. The number of fused-ring (bicyclic) bond motifs is 2. The van der Waals surface area contributed by atoms with Crippen molar-refractivity contribution in [1.29, 1.82) is 0 Å². The predicted octanol–water partition coefficient (Wildman–Crippen LogP) is 0.0176. The molecule has 0 spiro atoms. The van der Waals surface area contributed by atoms with Gasteiger partial charge in [-0.15, -0.1) is 0 Å². The van der Waals surface area contributed by atoms with Gasteiger partial charge in [0.05, 0.1) is 24.2 Å². The first-order valence-electron chi connectivity index (χ1n) is 7.85. The number of aromatic nitrogens is 1. The highest BCUT2D eigenvalue weighted by molar-refractivity contribution is 5.99. The van der Waals surface area contributed by atoms with Gasteiger partial charge in [-0.25, -0.2) is 0 Å². The van der Waals surface area contributed by atoms with Gasteiger partial charge in [0, 0.05) is 24.7 Å². The predicted molar refractivity (Wildman–Crippen MR) is 86.2 cm³/mol. The van der Waals surface area contributed by atoms with E-state index in [1.54, 1.807) is 16.0 Å². The number of hydrogen-bond acceptors (Lipinski definition) is 4. The van der Waals surface area contributed by atoms with Gasteiger partial charge in [-0.1, -0.05) is 18.2 Å². The highest BCUT2D eigenvalue weighted by Crippen LogP contribution is 2.18. The summed E-state index contributed by atoms with van der Waals surface area (Å²) in [6.07, 6.45) is 1.56. The fraction of sp³-hybridized carbons (Fsp3) is 0.294. The van der Waals surface area contributed by atoms with Crippen LogP contribution in [-0.2, 0) is 9.59 Å². The van der Waals surface area contributed by atoms with Gasteiger partial charge in [0.15, 0.2) is 0 Å². The number of amides is 3. The van der Waals surface area contributed by atoms with Gasteiger partial charge in [0.25, 0.3) is 5.91 Å². The van der Waals surface area contributed by atoms with Crippen LogP contribution in [0.1, 0.15) is 10.4 Å². The Kier molecular flexibility index (Phi) is 3.41. The van der Waals surface area contributed by atoms with Crippen molar-refractivity contribution in [2.45, 2.75) is 6.04 Å². The van der Waals surface area contributed by atoms with Crippen molar-refractivity contribution >= 4 is 28.6 Å². The van der Waals surface area contributed by atoms with Gasteiger partial charge in [0.1, 0.15) is 6.04 Å². The largest absolute Gasteiger partial charge is 0.345 e. The average molecular weight is 324 g/mol. The summed E-state index contributed by atoms with van der Waals surface area (Å²) in [5, 5.41) is 3.47. The van der Waals surface area contributed by atoms with E-state index in [1.165, 1.54) is 0 Å². The van der Waals surface area contributed by atoms with E-state index in [0.29, 0.717) is 18.7 Å². The van der Waals surface area contributed by atoms with E-state index in [2.05, 4.69) is 10.3 Å². The standard InChI is InChI=1S/C17H16N4O3/c22-15-9-19-16(23)14-10-20(5-6-21(14)15)17(24)12-7-11-3-1-2-4-13(11)18-8-12/h1-4,7-8,14H,5-6,9-10H2,(H,19,23)/t14-/m0/s1. The number of benzene rings is 1. The molecule has 122 valence electrons. The van der Waals surface area contributed by atoms with E-state index in [-0.39, 0.29) is 30.8 Å². The number of piperazine rings is 2. The number of carbonyl (C=O) groups is 3. The van der Waals surface area contributed by atoms with Gasteiger partial charge in [-0.3, -0.25) is 19.4 Å². The normalized spacial score (nSPS) is 20.8. The van der Waals surface area contributed by atoms with Crippen molar-refractivity contribution in [2.75, 3.05) is 26.2 Å². The Balaban J connectivity index is 1.58. The number of nitrogens with one attached hydrogen (secondary N) is 1. The topological polar surface area (TPSA) is 82.6 Å². The molecule has 0 bridgehead atoms. The molecule has 3 heterocycles. The van der Waals surface area contributed by atoms with Crippen molar-refractivity contribution in [1.82, 2.24) is 20.1 Å². The molecule has 3 amide bonds. The van der Waals surface area contributed by atoms with Crippen LogP contribution in [0.25, 0.3) is 10.9 Å². The molecule has 4 rings (SSSR count). The molecule has 7 nitrogen and oxygen atoms in total. The molecule has 24 heavy (non-hydrogen) atoms. The summed E-state index contributed by atoms with van der Waals surface area (Å²) in [6, 6.07) is 8.80. The second kappa shape index (κ2) is 5.59. The molecule has 2 aliphatic heterocycles. The summed E-state index contributed by atoms with van der Waals surface area (Å²) >= 11 is 0. The minimum Gasteiger partial charge on any atom is -0.345 e. The molecule has 0 saturated carbocycles. The first-order chi connectivity index (χ1) is 11.6. The van der Waals surface area contributed by atoms with Crippen LogP contribution >= 0.6 is 0 Å². The van der Waals surface area contributed by atoms with Crippen LogP contribution in [0.4, 0.5) is 0 Å². The molecule has 2 aliphatic rings. The van der Waals surface area contributed by atoms with Crippen LogP contribution in [0.3, 0.4) is 0 Å². The zero-order valence-corrected chi connectivity index (χ0v) is 12.9. The van der Waals surface area contributed by atoms with Gasteiger partial charge >= 0.3 is 0 Å². The smallest absolute Gasteiger partial charge is 0.255 e. The third-order valence-electron chi connectivity index (χ3n) is 4.54. The molecule has 1 aromatic carbocycles. The molecule has 2 aromatic rings. The van der Waals surface area contributed by atoms with E-state index >= 15 is 0 Å². The lowest BCUT2D eigenvalue weighted by Crippen LogP contribution is -2.66. The van der Waals surface area contributed by atoms with Crippen LogP contribution in [0.15, 0.2) is 36.5 Å². The zero-order valence-electron chi connectivity index (χ0n) is 12.9. The minimum absolute atomic E-state index is 0.0396. The first-order valence-corrected chi connectivity index (χ1v) is 7.85. The summed E-state index contributed by atoms with van der Waals surface area (Å²) in [7, 11) is 0. The Labute approximate surface area is 138 Å². The maximum atomic E-state index is 12.8. The van der Waals surface area contributed by atoms with E-state index in [0.717, 1.165) is 10.9 Å². The van der Waals surface area contributed by atoms with Gasteiger partial charge in [-0.05, 0) is 12.1 Å². The highest BCUT2D eigenvalue weighted by atomic mass is 16.2. The number of hydrogen-bond donors (Lipinski definition) is 1. The average Bonchev–Trinajstić information content (AvgIpc) is 2.63. The van der Waals surface area contributed by atoms with Gasteiger partial charge < -0.3 is 15.1 Å². The van der Waals surface area contributed by atoms with Crippen LogP contribution < -0.4 is 5.32 Å². The molecule has 0 unspecified atom stereocenters. The molecule has 1 atom stereocenters. The van der Waals surface area contributed by atoms with E-state index in [1.807, 2.05) is 30.3 Å². The number of para-hydroxylation sites is 1. The zero-order chi connectivity index (χ0) is 16.7. The lowest BCUT2D eigenvalue weighted by Gasteiger charge is -2.42. The van der Waals surface area contributed by atoms with E-state index < -0.39 is 6.04 Å². The first kappa shape index (κ1) is 14.6. The Morgan fingerprint density at radius 3 is 2.92 bits per heavy atom. The SMILES string of the molecule is O=C1NCC(=O)N2CCN(C(=O)c3cnc4ccccc4c3)C[C@@H]12. The molecule has 0 radical (unpaired) electrons. The monoisotopic (exact) mass is 324 g/mol. The Bertz CT molecular complexity index is 851. The molecule has 1 N–H and O–H groups in total. The molecule has 2 fully saturated rings. The Hall–Kier alpha value is -2.96. The second-order valence-electron chi connectivity index (χ2n) is 5.99. The Morgan fingerprint density at radius 1 is 1.21 bits per heavy atom. The molecule has 1 aromatic heterocycles. The van der Waals surface area contributed by atoms with E-state index in [4.69, 9.17) is 0 Å². The second-order valence-corrected chi connectivity index (χ2v) is 5.99. The molecular formula is C17H16N4O3. The number of carbonyl (C=O) groups excluding carboxylic acids is 3. The maximum absolute atomic E-state index is 12.8. The maximum Gasteiger partial charge on any atom is 0.255 e. The summed E-state index contributed by atoms with van der Waals surface area (Å²) in [6.45, 7) is 1.05. The third kappa shape index (κ3) is 2.38. The van der Waals surface area contributed by atoms with Crippen molar-refractivity contribution in [3.05, 3.63) is 42.1 Å². The van der Waals surface area contributed by atoms with Crippen LogP contribution in [0.2, 0.25) is 0 Å². The van der Waals surface area contributed by atoms with Crippen molar-refractivity contribution in [3.8, 4) is 0 Å². The molecule has 2 saturated heterocycles. The number of nitrogens with zero attached hydrogens (tertiary/aromatic N) is 3. The highest BCUT2D eigenvalue weighted by Gasteiger charge is 2.40. The van der Waals surface area contributed by atoms with E-state index in [9.17, 15) is 14.4 Å². The van der Waals surface area contributed by atoms with Gasteiger partial charge in [-0.2, -0.15) is 0 Å². The van der Waals surface area contributed by atoms with Crippen molar-refractivity contribution < 1.29 is 14.4 Å². The minimum atomic E-state index is -0.600. The van der Waals surface area contributed by atoms with Crippen LogP contribution in [0, 0.1) is 0 Å². The summed E-state index contributed by atoms with van der Waals surface area (Å²) in [5.74, 6) is -0.471.